The average Bonchev–Trinajstić information content (AvgIpc) is 3.26. The molecular weight excluding hydrogens is 425 g/mol. The number of para-hydroxylation sites is 1. The number of hydrogen-bond acceptors (Lipinski definition) is 5. The summed E-state index contributed by atoms with van der Waals surface area (Å²) in [4.78, 5) is 17.7. The van der Waals surface area contributed by atoms with Crippen LogP contribution in [0.25, 0.3) is 5.70 Å². The van der Waals surface area contributed by atoms with Crippen LogP contribution >= 0.6 is 0 Å². The lowest BCUT2D eigenvalue weighted by atomic mass is 10.1. The van der Waals surface area contributed by atoms with Crippen LogP contribution in [-0.2, 0) is 11.3 Å². The number of ether oxygens (including phenoxy) is 1. The van der Waals surface area contributed by atoms with Crippen LogP contribution in [0.4, 0.5) is 13.2 Å². The molecule has 2 aromatic carbocycles. The van der Waals surface area contributed by atoms with E-state index in [1.54, 1.807) is 7.11 Å². The summed E-state index contributed by atoms with van der Waals surface area (Å²) in [6, 6.07) is 18.1. The van der Waals surface area contributed by atoms with Crippen LogP contribution in [0.2, 0.25) is 0 Å². The van der Waals surface area contributed by atoms with Gasteiger partial charge in [-0.05, 0) is 11.6 Å². The van der Waals surface area contributed by atoms with Crippen molar-refractivity contribution < 1.29 is 27.8 Å². The third kappa shape index (κ3) is 5.08. The van der Waals surface area contributed by atoms with Gasteiger partial charge in [-0.3, -0.25) is 15.3 Å². The number of aliphatic imine (C=N–C) groups is 1. The number of carboxylic acid groups (broad SMARTS) is 1. The fraction of sp³-hybridized carbons (Fsp3) is 0.227. The van der Waals surface area contributed by atoms with Gasteiger partial charge >= 0.3 is 12.1 Å². The predicted octanol–water partition coefficient (Wildman–Crippen LogP) is 3.83. The number of halogens is 3. The maximum absolute atomic E-state index is 10.6. The molecule has 0 amide bonds. The van der Waals surface area contributed by atoms with Crippen molar-refractivity contribution in [3.63, 3.8) is 0 Å². The second kappa shape index (κ2) is 9.54. The molecular formula is C22H21F3N4O3. The Kier molecular flexibility index (Phi) is 6.82. The van der Waals surface area contributed by atoms with Gasteiger partial charge in [0, 0.05) is 18.2 Å². The van der Waals surface area contributed by atoms with Crippen LogP contribution in [0.15, 0.2) is 65.7 Å². The number of benzene rings is 2. The number of rotatable bonds is 4. The molecule has 2 N–H and O–H groups in total. The van der Waals surface area contributed by atoms with Gasteiger partial charge in [0.05, 0.1) is 25.9 Å². The molecule has 4 rings (SSSR count). The molecule has 0 bridgehead atoms. The van der Waals surface area contributed by atoms with Crippen molar-refractivity contribution in [2.75, 3.05) is 20.2 Å². The second-order valence-electron chi connectivity index (χ2n) is 6.82. The molecule has 2 aromatic rings. The Morgan fingerprint density at radius 2 is 1.78 bits per heavy atom. The predicted molar refractivity (Wildman–Crippen MR) is 113 cm³/mol. The summed E-state index contributed by atoms with van der Waals surface area (Å²) in [5.41, 5.74) is 3.19. The second-order valence-corrected chi connectivity index (χ2v) is 6.82. The van der Waals surface area contributed by atoms with E-state index in [-0.39, 0.29) is 0 Å². The molecule has 168 valence electrons. The summed E-state index contributed by atoms with van der Waals surface area (Å²) in [5.74, 6) is -0.635. The topological polar surface area (TPSA) is 89.2 Å². The highest BCUT2D eigenvalue weighted by molar-refractivity contribution is 6.13. The largest absolute Gasteiger partial charge is 0.496 e. The maximum atomic E-state index is 10.6. The SMILES string of the molecule is COc1ccccc1CN1C(=N)C=C(c2ccccc2)N2CCN=C12.O=C(O)C(F)(F)F. The lowest BCUT2D eigenvalue weighted by Crippen LogP contribution is -2.47. The van der Waals surface area contributed by atoms with Crippen LogP contribution in [0.1, 0.15) is 11.1 Å². The number of guanidine groups is 1. The van der Waals surface area contributed by atoms with Crippen LogP contribution in [0.3, 0.4) is 0 Å². The first-order valence-electron chi connectivity index (χ1n) is 9.59. The Hall–Kier alpha value is -3.82. The number of methoxy groups -OCH3 is 1. The highest BCUT2D eigenvalue weighted by Gasteiger charge is 2.38. The number of hydrogen-bond donors (Lipinski definition) is 2. The van der Waals surface area contributed by atoms with Gasteiger partial charge in [0.2, 0.25) is 5.96 Å². The van der Waals surface area contributed by atoms with Gasteiger partial charge in [-0.1, -0.05) is 48.5 Å². The summed E-state index contributed by atoms with van der Waals surface area (Å²) in [7, 11) is 1.67. The quantitative estimate of drug-likeness (QED) is 0.745. The molecule has 0 unspecified atom stereocenters. The highest BCUT2D eigenvalue weighted by Crippen LogP contribution is 2.29. The molecule has 7 nitrogen and oxygen atoms in total. The number of carbonyl (C=O) groups is 1. The summed E-state index contributed by atoms with van der Waals surface area (Å²) >= 11 is 0. The molecule has 2 aliphatic rings. The zero-order valence-electron chi connectivity index (χ0n) is 17.1. The molecule has 0 fully saturated rings. The Balaban J connectivity index is 0.000000360. The van der Waals surface area contributed by atoms with Crippen LogP contribution < -0.4 is 4.74 Å². The van der Waals surface area contributed by atoms with Crippen LogP contribution in [0.5, 0.6) is 5.75 Å². The molecule has 10 heteroatoms. The van der Waals surface area contributed by atoms with E-state index < -0.39 is 12.1 Å². The third-order valence-corrected chi connectivity index (χ3v) is 4.75. The van der Waals surface area contributed by atoms with Crippen molar-refractivity contribution in [1.82, 2.24) is 9.80 Å². The van der Waals surface area contributed by atoms with E-state index in [2.05, 4.69) is 22.0 Å². The minimum Gasteiger partial charge on any atom is -0.496 e. The summed E-state index contributed by atoms with van der Waals surface area (Å²) in [6.07, 6.45) is -3.16. The maximum Gasteiger partial charge on any atom is 0.490 e. The van der Waals surface area contributed by atoms with Gasteiger partial charge in [-0.2, -0.15) is 13.2 Å². The number of nitrogens with zero attached hydrogens (tertiary/aromatic N) is 3. The number of alkyl halides is 3. The van der Waals surface area contributed by atoms with E-state index in [4.69, 9.17) is 20.0 Å². The van der Waals surface area contributed by atoms with Gasteiger partial charge in [0.15, 0.2) is 0 Å². The van der Waals surface area contributed by atoms with E-state index in [9.17, 15) is 13.2 Å². The van der Waals surface area contributed by atoms with Crippen molar-refractivity contribution in [3.05, 3.63) is 71.8 Å². The van der Waals surface area contributed by atoms with Crippen molar-refractivity contribution in [2.45, 2.75) is 12.7 Å². The van der Waals surface area contributed by atoms with Crippen LogP contribution in [-0.4, -0.2) is 59.0 Å². The van der Waals surface area contributed by atoms with Gasteiger partial charge in [0.1, 0.15) is 11.6 Å². The van der Waals surface area contributed by atoms with E-state index in [0.29, 0.717) is 12.4 Å². The number of fused-ring (bicyclic) bond motifs is 1. The Morgan fingerprint density at radius 3 is 2.41 bits per heavy atom. The number of amidine groups is 1. The monoisotopic (exact) mass is 446 g/mol. The highest BCUT2D eigenvalue weighted by atomic mass is 19.4. The zero-order valence-corrected chi connectivity index (χ0v) is 17.1. The molecule has 2 aliphatic heterocycles. The standard InChI is InChI=1S/C20H20N4O.C2HF3O2/c1-25-18-10-6-5-9-16(18)14-24-19(21)13-17(15-7-3-2-4-8-15)23-12-11-22-20(23)24;3-2(4,5)1(6)7/h2-10,13,21H,11-12,14H2,1H3;(H,6,7). The minimum absolute atomic E-state index is 0.446. The van der Waals surface area contributed by atoms with Crippen molar-refractivity contribution >= 4 is 23.5 Å². The Labute approximate surface area is 182 Å². The van der Waals surface area contributed by atoms with E-state index >= 15 is 0 Å². The first-order valence-corrected chi connectivity index (χ1v) is 9.59. The van der Waals surface area contributed by atoms with Crippen molar-refractivity contribution in [2.24, 2.45) is 4.99 Å². The first kappa shape index (κ1) is 22.9. The van der Waals surface area contributed by atoms with E-state index in [1.165, 1.54) is 0 Å². The average molecular weight is 446 g/mol. The molecule has 32 heavy (non-hydrogen) atoms. The molecule has 0 saturated carbocycles. The molecule has 0 spiro atoms. The van der Waals surface area contributed by atoms with E-state index in [1.807, 2.05) is 53.4 Å². The number of carboxylic acids is 1. The molecule has 0 atom stereocenters. The lowest BCUT2D eigenvalue weighted by Gasteiger charge is -2.36. The zero-order chi connectivity index (χ0) is 23.3. The summed E-state index contributed by atoms with van der Waals surface area (Å²) < 4.78 is 37.2. The lowest BCUT2D eigenvalue weighted by molar-refractivity contribution is -0.192. The van der Waals surface area contributed by atoms with E-state index in [0.717, 1.165) is 41.6 Å². The Morgan fingerprint density at radius 1 is 1.16 bits per heavy atom. The first-order chi connectivity index (χ1) is 15.2. The fourth-order valence-corrected chi connectivity index (χ4v) is 3.30. The van der Waals surface area contributed by atoms with Gasteiger partial charge in [-0.15, -0.1) is 0 Å². The fourth-order valence-electron chi connectivity index (χ4n) is 3.30. The molecule has 0 aromatic heterocycles. The minimum atomic E-state index is -5.08. The van der Waals surface area contributed by atoms with Crippen molar-refractivity contribution in [3.8, 4) is 5.75 Å². The number of nitrogens with one attached hydrogen (secondary N) is 1. The van der Waals surface area contributed by atoms with Crippen molar-refractivity contribution in [1.29, 1.82) is 5.41 Å². The Bertz CT molecular complexity index is 1050. The smallest absolute Gasteiger partial charge is 0.490 e. The molecule has 0 aliphatic carbocycles. The third-order valence-electron chi connectivity index (χ3n) is 4.75. The number of aliphatic carboxylic acids is 1. The van der Waals surface area contributed by atoms with Gasteiger partial charge in [0.25, 0.3) is 0 Å². The van der Waals surface area contributed by atoms with Gasteiger partial charge < -0.3 is 14.7 Å². The summed E-state index contributed by atoms with van der Waals surface area (Å²) in [6.45, 7) is 2.15. The summed E-state index contributed by atoms with van der Waals surface area (Å²) in [5, 5.41) is 15.7. The van der Waals surface area contributed by atoms with Crippen LogP contribution in [0, 0.1) is 5.41 Å². The van der Waals surface area contributed by atoms with Gasteiger partial charge in [-0.25, -0.2) is 4.79 Å². The normalized spacial score (nSPS) is 15.3. The molecule has 2 heterocycles. The molecule has 0 saturated heterocycles. The molecule has 0 radical (unpaired) electrons.